The SMILES string of the molecule is Cc1ccc(CSCCNC(=O)CN(C)S(=O)(=O)c2cccs2)cc1. The van der Waals surface area contributed by atoms with Crippen LogP contribution in [0.5, 0.6) is 0 Å². The molecule has 0 aliphatic carbocycles. The van der Waals surface area contributed by atoms with Crippen LogP contribution < -0.4 is 5.32 Å². The van der Waals surface area contributed by atoms with Crippen molar-refractivity contribution >= 4 is 39.0 Å². The van der Waals surface area contributed by atoms with Crippen molar-refractivity contribution in [3.05, 3.63) is 52.9 Å². The Labute approximate surface area is 157 Å². The van der Waals surface area contributed by atoms with Gasteiger partial charge in [-0.3, -0.25) is 4.79 Å². The lowest BCUT2D eigenvalue weighted by Crippen LogP contribution is -2.38. The number of sulfonamides is 1. The van der Waals surface area contributed by atoms with Crippen LogP contribution in [0.15, 0.2) is 46.0 Å². The lowest BCUT2D eigenvalue weighted by molar-refractivity contribution is -0.121. The normalized spacial score (nSPS) is 11.6. The molecule has 0 saturated heterocycles. The van der Waals surface area contributed by atoms with Crippen LogP contribution in [0.25, 0.3) is 0 Å². The molecule has 0 fully saturated rings. The summed E-state index contributed by atoms with van der Waals surface area (Å²) >= 11 is 2.88. The summed E-state index contributed by atoms with van der Waals surface area (Å²) in [6, 6.07) is 11.6. The van der Waals surface area contributed by atoms with E-state index in [4.69, 9.17) is 0 Å². The van der Waals surface area contributed by atoms with Crippen molar-refractivity contribution in [2.75, 3.05) is 25.9 Å². The topological polar surface area (TPSA) is 66.5 Å². The minimum atomic E-state index is -3.58. The number of nitrogens with one attached hydrogen (secondary N) is 1. The molecule has 0 bridgehead atoms. The monoisotopic (exact) mass is 398 g/mol. The Balaban J connectivity index is 1.67. The Morgan fingerprint density at radius 2 is 1.96 bits per heavy atom. The Kier molecular flexibility index (Phi) is 7.49. The number of benzene rings is 1. The molecule has 1 aromatic carbocycles. The highest BCUT2D eigenvalue weighted by Crippen LogP contribution is 2.19. The molecule has 1 amide bonds. The summed E-state index contributed by atoms with van der Waals surface area (Å²) in [5, 5.41) is 4.46. The summed E-state index contributed by atoms with van der Waals surface area (Å²) < 4.78 is 25.8. The Bertz CT molecular complexity index is 772. The highest BCUT2D eigenvalue weighted by atomic mass is 32.2. The lowest BCUT2D eigenvalue weighted by atomic mass is 10.2. The minimum Gasteiger partial charge on any atom is -0.354 e. The molecule has 0 unspecified atom stereocenters. The van der Waals surface area contributed by atoms with E-state index in [-0.39, 0.29) is 16.7 Å². The van der Waals surface area contributed by atoms with Crippen LogP contribution in [-0.4, -0.2) is 44.5 Å². The molecule has 0 aliphatic heterocycles. The highest BCUT2D eigenvalue weighted by Gasteiger charge is 2.23. The van der Waals surface area contributed by atoms with Crippen LogP contribution in [-0.2, 0) is 20.6 Å². The fourth-order valence-electron chi connectivity index (χ4n) is 2.04. The number of amides is 1. The average Bonchev–Trinajstić information content (AvgIpc) is 3.11. The first-order valence-electron chi connectivity index (χ1n) is 7.79. The Hall–Kier alpha value is -1.35. The van der Waals surface area contributed by atoms with Crippen molar-refractivity contribution in [2.24, 2.45) is 0 Å². The number of thiophene rings is 1. The van der Waals surface area contributed by atoms with Gasteiger partial charge in [-0.15, -0.1) is 11.3 Å². The maximum absolute atomic E-state index is 12.2. The van der Waals surface area contributed by atoms with Gasteiger partial charge in [0.05, 0.1) is 6.54 Å². The van der Waals surface area contributed by atoms with Crippen LogP contribution >= 0.6 is 23.1 Å². The van der Waals surface area contributed by atoms with Gasteiger partial charge in [0.1, 0.15) is 4.21 Å². The molecule has 2 aromatic rings. The molecule has 2 rings (SSSR count). The van der Waals surface area contributed by atoms with E-state index in [1.165, 1.54) is 24.2 Å². The second-order valence-electron chi connectivity index (χ2n) is 5.58. The van der Waals surface area contributed by atoms with Crippen LogP contribution in [0.4, 0.5) is 0 Å². The fraction of sp³-hybridized carbons (Fsp3) is 0.353. The van der Waals surface area contributed by atoms with E-state index in [1.807, 2.05) is 0 Å². The molecule has 136 valence electrons. The van der Waals surface area contributed by atoms with Crippen molar-refractivity contribution in [3.63, 3.8) is 0 Å². The molecule has 5 nitrogen and oxygen atoms in total. The van der Waals surface area contributed by atoms with E-state index in [0.717, 1.165) is 27.1 Å². The van der Waals surface area contributed by atoms with Crippen molar-refractivity contribution in [3.8, 4) is 0 Å². The quantitative estimate of drug-likeness (QED) is 0.660. The lowest BCUT2D eigenvalue weighted by Gasteiger charge is -2.15. The van der Waals surface area contributed by atoms with Gasteiger partial charge in [-0.25, -0.2) is 8.42 Å². The second-order valence-corrected chi connectivity index (χ2v) is 9.91. The minimum absolute atomic E-state index is 0.178. The first kappa shape index (κ1) is 20.0. The van der Waals surface area contributed by atoms with Crippen LogP contribution in [0.2, 0.25) is 0 Å². The largest absolute Gasteiger partial charge is 0.354 e. The van der Waals surface area contributed by atoms with Gasteiger partial charge in [0.2, 0.25) is 5.91 Å². The fourth-order valence-corrected chi connectivity index (χ4v) is 5.19. The third-order valence-electron chi connectivity index (χ3n) is 3.48. The molecule has 0 atom stereocenters. The first-order valence-corrected chi connectivity index (χ1v) is 11.3. The van der Waals surface area contributed by atoms with E-state index in [2.05, 4.69) is 36.5 Å². The van der Waals surface area contributed by atoms with Gasteiger partial charge in [0.25, 0.3) is 10.0 Å². The summed E-state index contributed by atoms with van der Waals surface area (Å²) in [5.74, 6) is 1.38. The number of nitrogens with zero attached hydrogens (tertiary/aromatic N) is 1. The van der Waals surface area contributed by atoms with Gasteiger partial charge in [-0.1, -0.05) is 35.9 Å². The van der Waals surface area contributed by atoms with Crippen molar-refractivity contribution in [2.45, 2.75) is 16.9 Å². The molecule has 0 radical (unpaired) electrons. The van der Waals surface area contributed by atoms with Gasteiger partial charge >= 0.3 is 0 Å². The number of rotatable bonds is 9. The van der Waals surface area contributed by atoms with E-state index >= 15 is 0 Å². The van der Waals surface area contributed by atoms with Crippen LogP contribution in [0, 0.1) is 6.92 Å². The third kappa shape index (κ3) is 6.14. The number of carbonyl (C=O) groups excluding carboxylic acids is 1. The predicted molar refractivity (Wildman–Crippen MR) is 104 cm³/mol. The molecule has 0 saturated carbocycles. The average molecular weight is 399 g/mol. The molecule has 1 aromatic heterocycles. The van der Waals surface area contributed by atoms with Crippen LogP contribution in [0.3, 0.4) is 0 Å². The zero-order valence-corrected chi connectivity index (χ0v) is 16.7. The summed E-state index contributed by atoms with van der Waals surface area (Å²) in [6.45, 7) is 2.40. The predicted octanol–water partition coefficient (Wildman–Crippen LogP) is 2.73. The molecule has 1 N–H and O–H groups in total. The van der Waals surface area contributed by atoms with Gasteiger partial charge in [-0.2, -0.15) is 16.1 Å². The van der Waals surface area contributed by atoms with Crippen molar-refractivity contribution < 1.29 is 13.2 Å². The van der Waals surface area contributed by atoms with Gasteiger partial charge in [-0.05, 0) is 23.9 Å². The highest BCUT2D eigenvalue weighted by molar-refractivity contribution is 7.98. The van der Waals surface area contributed by atoms with Crippen LogP contribution in [0.1, 0.15) is 11.1 Å². The zero-order chi connectivity index (χ0) is 18.3. The number of hydrogen-bond acceptors (Lipinski definition) is 5. The maximum Gasteiger partial charge on any atom is 0.252 e. The van der Waals surface area contributed by atoms with Gasteiger partial charge in [0, 0.05) is 25.1 Å². The maximum atomic E-state index is 12.2. The molecule has 8 heteroatoms. The van der Waals surface area contributed by atoms with Crippen molar-refractivity contribution in [1.82, 2.24) is 9.62 Å². The number of carbonyl (C=O) groups is 1. The summed E-state index contributed by atoms with van der Waals surface area (Å²) in [6.07, 6.45) is 0. The number of hydrogen-bond donors (Lipinski definition) is 1. The second kappa shape index (κ2) is 9.38. The summed E-state index contributed by atoms with van der Waals surface area (Å²) in [4.78, 5) is 11.9. The zero-order valence-electron chi connectivity index (χ0n) is 14.3. The number of likely N-dealkylation sites (N-methyl/N-ethyl adjacent to an activating group) is 1. The first-order chi connectivity index (χ1) is 11.9. The molecular weight excluding hydrogens is 376 g/mol. The molecular formula is C17H22N2O3S3. The Morgan fingerprint density at radius 1 is 1.24 bits per heavy atom. The standard InChI is InChI=1S/C17H22N2O3S3/c1-14-5-7-15(8-6-14)13-23-11-9-18-16(20)12-19(2)25(21,22)17-4-3-10-24-17/h3-8,10H,9,11-13H2,1-2H3,(H,18,20). The molecule has 1 heterocycles. The summed E-state index contributed by atoms with van der Waals surface area (Å²) in [5.41, 5.74) is 2.49. The smallest absolute Gasteiger partial charge is 0.252 e. The number of thioether (sulfide) groups is 1. The van der Waals surface area contributed by atoms with E-state index in [0.29, 0.717) is 6.54 Å². The number of aryl methyl sites for hydroxylation is 1. The Morgan fingerprint density at radius 3 is 2.60 bits per heavy atom. The van der Waals surface area contributed by atoms with Gasteiger partial charge < -0.3 is 5.32 Å². The van der Waals surface area contributed by atoms with E-state index < -0.39 is 10.0 Å². The van der Waals surface area contributed by atoms with Crippen molar-refractivity contribution in [1.29, 1.82) is 0 Å². The van der Waals surface area contributed by atoms with E-state index in [9.17, 15) is 13.2 Å². The third-order valence-corrected chi connectivity index (χ3v) is 7.69. The molecule has 0 spiro atoms. The van der Waals surface area contributed by atoms with Gasteiger partial charge in [0.15, 0.2) is 0 Å². The van der Waals surface area contributed by atoms with E-state index in [1.54, 1.807) is 23.2 Å². The summed E-state index contributed by atoms with van der Waals surface area (Å²) in [7, 11) is -2.16. The molecule has 0 aliphatic rings. The molecule has 25 heavy (non-hydrogen) atoms.